The highest BCUT2D eigenvalue weighted by molar-refractivity contribution is 6.14. The largest absolute Gasteiger partial charge is 0.269 e. The number of hydrogen-bond acceptors (Lipinski definition) is 0. The lowest BCUT2D eigenvalue weighted by atomic mass is 8.35. The lowest BCUT2D eigenvalue weighted by Crippen LogP contribution is -3.66. The molecule has 3 radical (unpaired) electrons. The number of halogens is 1. The van der Waals surface area contributed by atoms with Gasteiger partial charge >= 0.3 is 0 Å². The summed E-state index contributed by atoms with van der Waals surface area (Å²) in [4.78, 5) is 0. The molecule has 0 heterocycles. The van der Waals surface area contributed by atoms with Crippen molar-refractivity contribution < 1.29 is 7.56 Å². The zero-order valence-electron chi connectivity index (χ0n) is 46.2. The van der Waals surface area contributed by atoms with Gasteiger partial charge in [-0.3, -0.25) is 4.70 Å². The number of rotatable bonds is 0. The first-order chi connectivity index (χ1) is 38.4. The van der Waals surface area contributed by atoms with Crippen LogP contribution in [0.15, 0.2) is 0 Å². The highest BCUT2D eigenvalue weighted by atomic mass is 19.0. The molecule has 45 aliphatic rings. The molecule has 0 aromatic rings. The van der Waals surface area contributed by atoms with Gasteiger partial charge in [0.15, 0.2) is 0 Å². The van der Waals surface area contributed by atoms with E-state index in [4.69, 9.17) is 0 Å². The van der Waals surface area contributed by atoms with Gasteiger partial charge in [0.2, 0.25) is 0 Å². The smallest absolute Gasteiger partial charge is 0 e. The monoisotopic (exact) mass is 1050 g/mol. The Balaban J connectivity index is 0.000000198. The predicted octanol–water partition coefficient (Wildman–Crippen LogP) is 12.9. The van der Waals surface area contributed by atoms with Gasteiger partial charge in [0.25, 0.3) is 0 Å². The second-order valence-corrected chi connectivity index (χ2v) is 44.4. The minimum atomic E-state index is 0. The molecule has 0 saturated heterocycles. The quantitative estimate of drug-likeness (QED) is 0.212. The highest BCUT2D eigenvalue weighted by Crippen LogP contribution is 3.71. The molecule has 403 valence electrons. The minimum absolute atomic E-state index is 0. The van der Waals surface area contributed by atoms with Crippen LogP contribution in [0.4, 0.5) is 4.70 Å². The van der Waals surface area contributed by atoms with Gasteiger partial charge in [-0.25, -0.2) is 0 Å². The zero-order chi connectivity index (χ0) is 45.2. The van der Waals surface area contributed by atoms with Gasteiger partial charge in [-0.1, -0.05) is 123 Å². The Bertz CT molecular complexity index is 3830. The molecule has 40 unspecified atom stereocenters. The molecule has 27 spiro atoms. The molecule has 80 heavy (non-hydrogen) atoms. The average Bonchev–Trinajstić information content (AvgIpc) is 0.426. The summed E-state index contributed by atoms with van der Waals surface area (Å²) >= 11 is 0. The van der Waals surface area contributed by atoms with Crippen molar-refractivity contribution in [2.75, 3.05) is 0 Å². The third-order valence-electron chi connectivity index (χ3n) is 55.3. The molecule has 45 saturated carbocycles. The highest BCUT2D eigenvalue weighted by Gasteiger charge is 3.70. The van der Waals surface area contributed by atoms with Crippen molar-refractivity contribution in [3.05, 3.63) is 0 Å². The summed E-state index contributed by atoms with van der Waals surface area (Å²) in [5.41, 5.74) is 30.1. The lowest BCUT2D eigenvalue weighted by molar-refractivity contribution is -1.23. The standard InChI is InChI=1S/C65H48.3C4H8.CH4.B.FH.2H2/c1-3-7-11-15-23-16-12(8-4-1)20-26-30-34-38-36-32-28-22-14-10-6-2-5-9-13-17-24-18(14)42(22)44(24)41(17)21(13)27-31-35-37-33-29-25-19(11)39(15)43(23)40(16,20)46(26)50(30)54(34)58(38)56(36)52(32)48(28,42)60(44)47(27,41)51(31)55(35)57(37)53(33)49(29)45(25,39)59(43,46)61(49,50)63(53,54)65(57,58)64(55,56)62(51,52)60;3*1-2-4-3-1;;;;;/h11-38H,1-10H2;3*1-4H2;1H4;;3*1H/i;;;;;;;1+1;. The van der Waals surface area contributed by atoms with Crippen molar-refractivity contribution in [1.29, 1.82) is 0 Å². The minimum Gasteiger partial charge on any atom is -0.269 e. The topological polar surface area (TPSA) is 0 Å². The molecule has 0 aliphatic heterocycles. The van der Waals surface area contributed by atoms with Crippen molar-refractivity contribution in [2.24, 2.45) is 312 Å². The van der Waals surface area contributed by atoms with Crippen LogP contribution in [0, 0.1) is 312 Å². The van der Waals surface area contributed by atoms with E-state index in [2.05, 4.69) is 0 Å². The summed E-state index contributed by atoms with van der Waals surface area (Å²) in [5.74, 6) is 38.8. The van der Waals surface area contributed by atoms with E-state index in [0.29, 0.717) is 0 Å². The molecular weight excluding hydrogens is 967 g/mol. The van der Waals surface area contributed by atoms with Crippen LogP contribution in [0.2, 0.25) is 0 Å². The molecule has 45 fully saturated rings. The van der Waals surface area contributed by atoms with Crippen LogP contribution in [-0.4, -0.2) is 8.41 Å². The summed E-state index contributed by atoms with van der Waals surface area (Å²) < 4.78 is 0. The Labute approximate surface area is 474 Å². The summed E-state index contributed by atoms with van der Waals surface area (Å²) in [6.45, 7) is 0. The van der Waals surface area contributed by atoms with Crippen LogP contribution in [0.5, 0.6) is 0 Å². The van der Waals surface area contributed by atoms with E-state index in [-0.39, 0.29) is 23.4 Å². The van der Waals surface area contributed by atoms with Crippen molar-refractivity contribution in [2.45, 2.75) is 149 Å². The summed E-state index contributed by atoms with van der Waals surface area (Å²) in [5, 5.41) is 0. The third kappa shape index (κ3) is 1.06. The predicted molar refractivity (Wildman–Crippen MR) is 284 cm³/mol. The number of hydrogen-bond donors (Lipinski definition) is 0. The second kappa shape index (κ2) is 6.69. The van der Waals surface area contributed by atoms with Crippen molar-refractivity contribution >= 4 is 8.41 Å². The molecular formula is C78H81BF. The van der Waals surface area contributed by atoms with E-state index in [9.17, 15) is 0 Å². The Hall–Kier alpha value is -0.00506. The maximum Gasteiger partial charge on any atom is 0 e. The van der Waals surface area contributed by atoms with Crippen LogP contribution >= 0.6 is 0 Å². The van der Waals surface area contributed by atoms with E-state index >= 15 is 0 Å². The maximum absolute atomic E-state index is 1.77. The second-order valence-electron chi connectivity index (χ2n) is 44.4. The molecule has 0 nitrogen and oxygen atoms in total. The fraction of sp³-hybridized carbons (Fsp3) is 1.00. The average molecular weight is 1050 g/mol. The van der Waals surface area contributed by atoms with Gasteiger partial charge in [-0.15, -0.1) is 0 Å². The molecule has 0 amide bonds. The van der Waals surface area contributed by atoms with Gasteiger partial charge in [0, 0.05) is 11.3 Å². The molecule has 45 aliphatic carbocycles. The van der Waals surface area contributed by atoms with Crippen LogP contribution < -0.4 is 0 Å². The van der Waals surface area contributed by atoms with Gasteiger partial charge in [0.05, 0.1) is 0 Å². The fourth-order valence-corrected chi connectivity index (χ4v) is 66.9. The zero-order valence-corrected chi connectivity index (χ0v) is 46.2. The normalized spacial score (nSPS) is 109. The van der Waals surface area contributed by atoms with Gasteiger partial charge in [-0.2, -0.15) is 0 Å². The van der Waals surface area contributed by atoms with E-state index in [1.807, 2.05) is 0 Å². The van der Waals surface area contributed by atoms with Gasteiger partial charge in [-0.05, 0) is 338 Å². The molecule has 0 aromatic carbocycles. The van der Waals surface area contributed by atoms with Crippen LogP contribution in [0.25, 0.3) is 0 Å². The first-order valence-electron chi connectivity index (χ1n) is 38.4. The Morgan fingerprint density at radius 3 is 0.537 bits per heavy atom. The van der Waals surface area contributed by atoms with E-state index in [0.717, 1.165) is 146 Å². The van der Waals surface area contributed by atoms with Gasteiger partial charge in [0.1, 0.15) is 0 Å². The molecule has 0 N–H and O–H groups in total. The maximum atomic E-state index is 1.77. The summed E-state index contributed by atoms with van der Waals surface area (Å²) in [6, 6.07) is 0. The summed E-state index contributed by atoms with van der Waals surface area (Å²) in [7, 11) is 0. The Morgan fingerprint density at radius 2 is 0.338 bits per heavy atom. The first kappa shape index (κ1) is 35.9. The van der Waals surface area contributed by atoms with Crippen molar-refractivity contribution in [3.63, 3.8) is 0 Å². The Kier molecular flexibility index (Phi) is 3.00. The molecule has 2 heteroatoms. The van der Waals surface area contributed by atoms with Crippen LogP contribution in [-0.2, 0) is 0 Å². The molecule has 40 atom stereocenters. The third-order valence-corrected chi connectivity index (χ3v) is 55.3. The number of fused-ring (bicyclic) bond motifs is 20. The first-order valence-corrected chi connectivity index (χ1v) is 38.4. The van der Waals surface area contributed by atoms with Crippen LogP contribution in [0.3, 0.4) is 0 Å². The SMILES string of the molecule is C.C1CCC1.C1CCC1.C1CCC1.C1CCC2C3C4C5C(CC1)C1C6C7C8C9C%10C%11C%12C%13C%14CCCCCC%15C%16C%17C%14C%13%14C%17%13C%16%17C%15C%15C%16C%18C%19C%20C%21C%22C2C32C43C51C61C74C85C96C%107C%118C%12%14C%139C%15%17C%16%10C%18%11C%19%12C%20%13C%21%14C%222C31C%144C%135C%126C%117C%1089.F.[2HH].[B].[HH]. The van der Waals surface area contributed by atoms with E-state index in [1.54, 1.807) is 64.2 Å². The van der Waals surface area contributed by atoms with E-state index in [1.165, 1.54) is 243 Å². The Morgan fingerprint density at radius 1 is 0.188 bits per heavy atom. The molecule has 0 aromatic heterocycles. The van der Waals surface area contributed by atoms with Crippen LogP contribution in [0.1, 0.15) is 152 Å². The molecule has 0 bridgehead atoms. The fourth-order valence-electron chi connectivity index (χ4n) is 66.9. The van der Waals surface area contributed by atoms with E-state index < -0.39 is 0 Å². The van der Waals surface area contributed by atoms with Gasteiger partial charge < -0.3 is 0 Å². The van der Waals surface area contributed by atoms with Crippen molar-refractivity contribution in [1.82, 2.24) is 0 Å². The lowest BCUT2D eigenvalue weighted by Gasteiger charge is -3.67. The van der Waals surface area contributed by atoms with Crippen molar-refractivity contribution in [3.8, 4) is 0 Å². The summed E-state index contributed by atoms with van der Waals surface area (Å²) in [6.07, 6.45) is 35.2. The molecule has 45 rings (SSSR count).